The van der Waals surface area contributed by atoms with Crippen molar-refractivity contribution in [2.24, 2.45) is 5.41 Å². The highest BCUT2D eigenvalue weighted by atomic mass is 19.2. The van der Waals surface area contributed by atoms with E-state index in [4.69, 9.17) is 9.26 Å². The number of urea groups is 1. The van der Waals surface area contributed by atoms with Gasteiger partial charge in [-0.25, -0.2) is 13.6 Å². The van der Waals surface area contributed by atoms with Crippen LogP contribution in [0.15, 0.2) is 16.7 Å². The molecule has 3 aliphatic rings. The Bertz CT molecular complexity index is 1160. The summed E-state index contributed by atoms with van der Waals surface area (Å²) in [6.07, 6.45) is -1.32. The molecule has 32 heavy (non-hydrogen) atoms. The summed E-state index contributed by atoms with van der Waals surface area (Å²) in [7, 11) is 0. The Morgan fingerprint density at radius 1 is 1.12 bits per heavy atom. The number of nitrogens with one attached hydrogen (secondary N) is 2. The first kappa shape index (κ1) is 20.6. The molecule has 1 spiro atoms. The number of fused-ring (bicyclic) bond motifs is 4. The standard InChI is InChI=1S/C21H20F2N4O5/c1-8-4-13(32-26-8)12-5-11-6-21(18(28)24-20(30)25-19(21)29)17-10(3)31-9(2)7-27(17)16(11)15(23)14(12)22/h4-5,9-10,17H,6-7H2,1-3H3,(H2,24,25,28,29,30)/t9-,10+,17-/m1/s1. The van der Waals surface area contributed by atoms with Gasteiger partial charge < -0.3 is 14.2 Å². The van der Waals surface area contributed by atoms with Gasteiger partial charge in [0.2, 0.25) is 11.8 Å². The van der Waals surface area contributed by atoms with Crippen molar-refractivity contribution in [3.8, 4) is 11.3 Å². The van der Waals surface area contributed by atoms with E-state index in [1.807, 2.05) is 0 Å². The molecule has 0 aliphatic carbocycles. The van der Waals surface area contributed by atoms with Gasteiger partial charge in [0.15, 0.2) is 22.8 Å². The quantitative estimate of drug-likeness (QED) is 0.643. The third-order valence-corrected chi connectivity index (χ3v) is 6.36. The van der Waals surface area contributed by atoms with E-state index in [1.165, 1.54) is 17.0 Å². The number of carbonyl (C=O) groups is 3. The van der Waals surface area contributed by atoms with Crippen molar-refractivity contribution in [2.75, 3.05) is 11.4 Å². The zero-order valence-electron chi connectivity index (χ0n) is 17.5. The van der Waals surface area contributed by atoms with Crippen LogP contribution in [0.5, 0.6) is 0 Å². The number of hydrogen-bond donors (Lipinski definition) is 2. The molecule has 0 saturated carbocycles. The fourth-order valence-electron chi connectivity index (χ4n) is 5.21. The summed E-state index contributed by atoms with van der Waals surface area (Å²) in [5.41, 5.74) is -1.26. The van der Waals surface area contributed by atoms with Crippen molar-refractivity contribution in [1.82, 2.24) is 15.8 Å². The Hall–Kier alpha value is -3.34. The molecule has 3 atom stereocenters. The van der Waals surface area contributed by atoms with Crippen LogP contribution in [-0.2, 0) is 20.7 Å². The van der Waals surface area contributed by atoms with Crippen LogP contribution in [0.2, 0.25) is 0 Å². The van der Waals surface area contributed by atoms with E-state index in [0.29, 0.717) is 5.69 Å². The number of halogens is 2. The second-order valence-electron chi connectivity index (χ2n) is 8.53. The van der Waals surface area contributed by atoms with Gasteiger partial charge in [-0.15, -0.1) is 0 Å². The number of barbiturate groups is 1. The number of anilines is 1. The molecule has 4 amide bonds. The number of benzene rings is 1. The summed E-state index contributed by atoms with van der Waals surface area (Å²) in [5, 5.41) is 8.03. The SMILES string of the molecule is Cc1cc(-c2cc3c(c(F)c2F)N2C[C@@H](C)O[C@@H](C)[C@@H]2C2(C3)C(=O)NC(=O)NC2=O)on1. The molecule has 2 saturated heterocycles. The molecule has 5 rings (SSSR count). The second kappa shape index (κ2) is 6.83. The van der Waals surface area contributed by atoms with Crippen LogP contribution in [0, 0.1) is 24.0 Å². The smallest absolute Gasteiger partial charge is 0.328 e. The molecule has 0 radical (unpaired) electrons. The van der Waals surface area contributed by atoms with Crippen LogP contribution >= 0.6 is 0 Å². The molecule has 1 aromatic heterocycles. The van der Waals surface area contributed by atoms with E-state index in [0.717, 1.165) is 0 Å². The number of morpholine rings is 1. The van der Waals surface area contributed by atoms with E-state index in [-0.39, 0.29) is 41.6 Å². The van der Waals surface area contributed by atoms with Crippen LogP contribution in [-0.4, -0.2) is 47.8 Å². The number of aromatic nitrogens is 1. The lowest BCUT2D eigenvalue weighted by Gasteiger charge is -2.55. The molecule has 0 unspecified atom stereocenters. The number of imide groups is 2. The lowest BCUT2D eigenvalue weighted by molar-refractivity contribution is -0.153. The zero-order valence-corrected chi connectivity index (χ0v) is 17.5. The van der Waals surface area contributed by atoms with Gasteiger partial charge in [-0.2, -0.15) is 0 Å². The molecule has 168 valence electrons. The van der Waals surface area contributed by atoms with Crippen molar-refractivity contribution in [2.45, 2.75) is 45.4 Å². The first-order chi connectivity index (χ1) is 15.1. The maximum Gasteiger partial charge on any atom is 0.328 e. The Morgan fingerprint density at radius 3 is 2.44 bits per heavy atom. The molecule has 2 fully saturated rings. The van der Waals surface area contributed by atoms with Crippen LogP contribution in [0.4, 0.5) is 19.3 Å². The van der Waals surface area contributed by atoms with Gasteiger partial charge in [0.1, 0.15) is 0 Å². The maximum atomic E-state index is 15.5. The molecule has 0 bridgehead atoms. The van der Waals surface area contributed by atoms with Crippen LogP contribution in [0.1, 0.15) is 25.1 Å². The molecular weight excluding hydrogens is 426 g/mol. The van der Waals surface area contributed by atoms with E-state index < -0.39 is 47.0 Å². The van der Waals surface area contributed by atoms with Crippen molar-refractivity contribution in [3.63, 3.8) is 0 Å². The average Bonchev–Trinajstić information content (AvgIpc) is 3.14. The number of amides is 4. The van der Waals surface area contributed by atoms with Crippen molar-refractivity contribution < 1.29 is 32.4 Å². The van der Waals surface area contributed by atoms with E-state index in [1.54, 1.807) is 20.8 Å². The normalized spacial score (nSPS) is 26.5. The van der Waals surface area contributed by atoms with Crippen molar-refractivity contribution in [3.05, 3.63) is 35.0 Å². The highest BCUT2D eigenvalue weighted by Gasteiger charge is 2.63. The van der Waals surface area contributed by atoms with Gasteiger partial charge >= 0.3 is 6.03 Å². The van der Waals surface area contributed by atoms with Gasteiger partial charge in [0.25, 0.3) is 0 Å². The third-order valence-electron chi connectivity index (χ3n) is 6.36. The van der Waals surface area contributed by atoms with E-state index in [2.05, 4.69) is 15.8 Å². The van der Waals surface area contributed by atoms with Gasteiger partial charge in [-0.1, -0.05) is 5.16 Å². The summed E-state index contributed by atoms with van der Waals surface area (Å²) in [6, 6.07) is 0.951. The highest BCUT2D eigenvalue weighted by Crippen LogP contribution is 2.49. The van der Waals surface area contributed by atoms with Crippen molar-refractivity contribution in [1.29, 1.82) is 0 Å². The molecule has 4 heterocycles. The predicted molar refractivity (Wildman–Crippen MR) is 106 cm³/mol. The number of nitrogens with zero attached hydrogens (tertiary/aromatic N) is 2. The maximum absolute atomic E-state index is 15.5. The Kier molecular flexibility index (Phi) is 4.39. The number of hydrogen-bond acceptors (Lipinski definition) is 7. The molecular formula is C21H20F2N4O5. The largest absolute Gasteiger partial charge is 0.372 e. The summed E-state index contributed by atoms with van der Waals surface area (Å²) in [5.74, 6) is -3.82. The topological polar surface area (TPSA) is 114 Å². The fourth-order valence-corrected chi connectivity index (χ4v) is 5.21. The predicted octanol–water partition coefficient (Wildman–Crippen LogP) is 1.82. The van der Waals surface area contributed by atoms with Crippen molar-refractivity contribution >= 4 is 23.5 Å². The number of ether oxygens (including phenoxy) is 1. The van der Waals surface area contributed by atoms with Gasteiger partial charge in [0, 0.05) is 19.0 Å². The Morgan fingerprint density at radius 2 is 1.81 bits per heavy atom. The van der Waals surface area contributed by atoms with Crippen LogP contribution < -0.4 is 15.5 Å². The summed E-state index contributed by atoms with van der Waals surface area (Å²) in [6.45, 7) is 5.19. The molecule has 3 aliphatic heterocycles. The second-order valence-corrected chi connectivity index (χ2v) is 8.53. The first-order valence-corrected chi connectivity index (χ1v) is 10.2. The fraction of sp³-hybridized carbons (Fsp3) is 0.429. The molecule has 1 aromatic carbocycles. The Balaban J connectivity index is 1.75. The first-order valence-electron chi connectivity index (χ1n) is 10.2. The minimum Gasteiger partial charge on any atom is -0.372 e. The summed E-state index contributed by atoms with van der Waals surface area (Å²) >= 11 is 0. The van der Waals surface area contributed by atoms with Gasteiger partial charge in [-0.3, -0.25) is 20.2 Å². The molecule has 2 N–H and O–H groups in total. The summed E-state index contributed by atoms with van der Waals surface area (Å²) < 4.78 is 41.6. The van der Waals surface area contributed by atoms with Gasteiger partial charge in [0.05, 0.1) is 35.2 Å². The molecule has 9 nitrogen and oxygen atoms in total. The highest BCUT2D eigenvalue weighted by molar-refractivity contribution is 6.20. The third kappa shape index (κ3) is 2.70. The Labute approximate surface area is 181 Å². The molecule has 11 heteroatoms. The summed E-state index contributed by atoms with van der Waals surface area (Å²) in [4.78, 5) is 39.5. The van der Waals surface area contributed by atoms with E-state index >= 15 is 8.78 Å². The zero-order chi connectivity index (χ0) is 22.9. The number of aryl methyl sites for hydroxylation is 1. The minimum atomic E-state index is -1.78. The minimum absolute atomic E-state index is 0.0225. The van der Waals surface area contributed by atoms with Crippen LogP contribution in [0.3, 0.4) is 0 Å². The lowest BCUT2D eigenvalue weighted by Crippen LogP contribution is -2.75. The number of carbonyl (C=O) groups excluding carboxylic acids is 3. The van der Waals surface area contributed by atoms with Crippen LogP contribution in [0.25, 0.3) is 11.3 Å². The average molecular weight is 446 g/mol. The van der Waals surface area contributed by atoms with Gasteiger partial charge in [-0.05, 0) is 32.4 Å². The lowest BCUT2D eigenvalue weighted by atomic mass is 9.66. The monoisotopic (exact) mass is 446 g/mol. The van der Waals surface area contributed by atoms with E-state index in [9.17, 15) is 14.4 Å². The molecule has 2 aromatic rings. The number of rotatable bonds is 1.